The fraction of sp³-hybridized carbons (Fsp3) is 0.333. The quantitative estimate of drug-likeness (QED) is 0.777. The molecule has 0 aliphatic rings. The first-order valence-electron chi connectivity index (χ1n) is 4.13. The summed E-state index contributed by atoms with van der Waals surface area (Å²) in [6.07, 6.45) is 0.0186. The highest BCUT2D eigenvalue weighted by Crippen LogP contribution is 2.24. The predicted molar refractivity (Wildman–Crippen MR) is 55.8 cm³/mol. The molecule has 3 nitrogen and oxygen atoms in total. The van der Waals surface area contributed by atoms with E-state index in [1.165, 1.54) is 25.1 Å². The van der Waals surface area contributed by atoms with Crippen LogP contribution in [0.5, 0.6) is 0 Å². The number of benzene rings is 1. The van der Waals surface area contributed by atoms with E-state index < -0.39 is 22.0 Å². The normalized spacial score (nSPS) is 13.9. The van der Waals surface area contributed by atoms with Gasteiger partial charge < -0.3 is 0 Å². The number of hydrogen-bond donors (Lipinski definition) is 0. The second-order valence-corrected chi connectivity index (χ2v) is 5.15. The van der Waals surface area contributed by atoms with Crippen LogP contribution in [0, 0.1) is 5.82 Å². The van der Waals surface area contributed by atoms with Gasteiger partial charge in [0.25, 0.3) is 10.1 Å². The summed E-state index contributed by atoms with van der Waals surface area (Å²) in [4.78, 5) is 0. The molecule has 1 aromatic rings. The van der Waals surface area contributed by atoms with Crippen LogP contribution in [0.15, 0.2) is 18.2 Å². The molecule has 0 aliphatic heterocycles. The third-order valence-corrected chi connectivity index (χ3v) is 2.59. The van der Waals surface area contributed by atoms with E-state index >= 15 is 0 Å². The van der Waals surface area contributed by atoms with E-state index in [-0.39, 0.29) is 5.56 Å². The Morgan fingerprint density at radius 2 is 2.07 bits per heavy atom. The number of halogens is 2. The zero-order valence-electron chi connectivity index (χ0n) is 8.20. The molecule has 0 amide bonds. The molecule has 0 fully saturated rings. The monoisotopic (exact) mass is 252 g/mol. The Bertz CT molecular complexity index is 458. The van der Waals surface area contributed by atoms with Gasteiger partial charge in [-0.25, -0.2) is 4.39 Å². The van der Waals surface area contributed by atoms with Crippen molar-refractivity contribution in [1.82, 2.24) is 0 Å². The lowest BCUT2D eigenvalue weighted by molar-refractivity contribution is 0.231. The summed E-state index contributed by atoms with van der Waals surface area (Å²) >= 11 is 5.66. The molecule has 0 aromatic heterocycles. The van der Waals surface area contributed by atoms with Crippen LogP contribution >= 0.6 is 11.6 Å². The summed E-state index contributed by atoms with van der Waals surface area (Å²) in [6.45, 7) is 1.44. The van der Waals surface area contributed by atoms with Crippen molar-refractivity contribution in [3.05, 3.63) is 34.6 Å². The lowest BCUT2D eigenvalue weighted by Crippen LogP contribution is -2.08. The lowest BCUT2D eigenvalue weighted by Gasteiger charge is -2.12. The van der Waals surface area contributed by atoms with Crippen LogP contribution in [0.25, 0.3) is 0 Å². The topological polar surface area (TPSA) is 43.4 Å². The van der Waals surface area contributed by atoms with Crippen LogP contribution in [-0.2, 0) is 14.3 Å². The van der Waals surface area contributed by atoms with Crippen molar-refractivity contribution < 1.29 is 17.0 Å². The molecular formula is C9H10ClFO3S. The van der Waals surface area contributed by atoms with Gasteiger partial charge in [-0.2, -0.15) is 8.42 Å². The molecule has 0 bridgehead atoms. The molecule has 1 atom stereocenters. The van der Waals surface area contributed by atoms with E-state index in [0.717, 1.165) is 6.26 Å². The summed E-state index contributed by atoms with van der Waals surface area (Å²) in [7, 11) is -3.61. The van der Waals surface area contributed by atoms with Crippen LogP contribution in [0.1, 0.15) is 18.6 Å². The van der Waals surface area contributed by atoms with Crippen molar-refractivity contribution in [1.29, 1.82) is 0 Å². The van der Waals surface area contributed by atoms with Crippen LogP contribution in [-0.4, -0.2) is 14.7 Å². The molecule has 0 spiro atoms. The van der Waals surface area contributed by atoms with E-state index in [1.54, 1.807) is 0 Å². The summed E-state index contributed by atoms with van der Waals surface area (Å²) < 4.78 is 39.6. The van der Waals surface area contributed by atoms with Gasteiger partial charge in [0.15, 0.2) is 0 Å². The van der Waals surface area contributed by atoms with Crippen LogP contribution < -0.4 is 0 Å². The smallest absolute Gasteiger partial charge is 0.262 e. The van der Waals surface area contributed by atoms with Gasteiger partial charge >= 0.3 is 0 Å². The highest BCUT2D eigenvalue weighted by atomic mass is 35.5. The van der Waals surface area contributed by atoms with Crippen molar-refractivity contribution in [2.24, 2.45) is 0 Å². The third kappa shape index (κ3) is 3.77. The van der Waals surface area contributed by atoms with Gasteiger partial charge in [0, 0.05) is 10.6 Å². The second kappa shape index (κ2) is 4.47. The summed E-state index contributed by atoms with van der Waals surface area (Å²) in [5, 5.41) is 0.329. The van der Waals surface area contributed by atoms with Crippen molar-refractivity contribution in [3.63, 3.8) is 0 Å². The molecule has 0 aliphatic carbocycles. The summed E-state index contributed by atoms with van der Waals surface area (Å²) in [6, 6.07) is 3.89. The number of rotatable bonds is 3. The maximum absolute atomic E-state index is 13.3. The van der Waals surface area contributed by atoms with Crippen molar-refractivity contribution >= 4 is 21.7 Å². The highest BCUT2D eigenvalue weighted by Gasteiger charge is 2.16. The molecule has 15 heavy (non-hydrogen) atoms. The van der Waals surface area contributed by atoms with Gasteiger partial charge in [0.2, 0.25) is 0 Å². The van der Waals surface area contributed by atoms with Gasteiger partial charge in [0.05, 0.1) is 6.26 Å². The van der Waals surface area contributed by atoms with Gasteiger partial charge in [-0.1, -0.05) is 11.6 Å². The van der Waals surface area contributed by atoms with E-state index in [1.807, 2.05) is 0 Å². The summed E-state index contributed by atoms with van der Waals surface area (Å²) in [5.41, 5.74) is 0.118. The minimum atomic E-state index is -3.61. The molecule has 84 valence electrons. The van der Waals surface area contributed by atoms with Crippen molar-refractivity contribution in [2.45, 2.75) is 13.0 Å². The highest BCUT2D eigenvalue weighted by molar-refractivity contribution is 7.86. The minimum Gasteiger partial charge on any atom is -0.262 e. The molecule has 0 N–H and O–H groups in total. The Hall–Kier alpha value is -0.650. The SMILES string of the molecule is CC(OS(C)(=O)=O)c1cc(Cl)ccc1F. The molecule has 0 radical (unpaired) electrons. The maximum Gasteiger partial charge on any atom is 0.264 e. The Balaban J connectivity index is 3.00. The zero-order chi connectivity index (χ0) is 11.6. The molecule has 0 saturated carbocycles. The molecule has 0 heterocycles. The zero-order valence-corrected chi connectivity index (χ0v) is 9.77. The van der Waals surface area contributed by atoms with Crippen LogP contribution in [0.3, 0.4) is 0 Å². The van der Waals surface area contributed by atoms with E-state index in [4.69, 9.17) is 11.6 Å². The number of hydrogen-bond acceptors (Lipinski definition) is 3. The van der Waals surface area contributed by atoms with Gasteiger partial charge in [-0.3, -0.25) is 4.18 Å². The third-order valence-electron chi connectivity index (χ3n) is 1.72. The van der Waals surface area contributed by atoms with Gasteiger partial charge in [-0.05, 0) is 25.1 Å². The first kappa shape index (κ1) is 12.4. The standard InChI is InChI=1S/C9H10ClFO3S/c1-6(14-15(2,12)13)8-5-7(10)3-4-9(8)11/h3-6H,1-2H3. The first-order valence-corrected chi connectivity index (χ1v) is 6.32. The van der Waals surface area contributed by atoms with Crippen molar-refractivity contribution in [2.75, 3.05) is 6.26 Å². The minimum absolute atomic E-state index is 0.118. The molecule has 0 saturated heterocycles. The largest absolute Gasteiger partial charge is 0.264 e. The van der Waals surface area contributed by atoms with Gasteiger partial charge in [0.1, 0.15) is 11.9 Å². The van der Waals surface area contributed by atoms with E-state index in [9.17, 15) is 12.8 Å². The fourth-order valence-electron chi connectivity index (χ4n) is 1.14. The Morgan fingerprint density at radius 3 is 2.60 bits per heavy atom. The molecule has 1 rings (SSSR count). The Labute approximate surface area is 92.9 Å². The van der Waals surface area contributed by atoms with Crippen LogP contribution in [0.4, 0.5) is 4.39 Å². The second-order valence-electron chi connectivity index (χ2n) is 3.11. The molecule has 1 unspecified atom stereocenters. The molecular weight excluding hydrogens is 243 g/mol. The van der Waals surface area contributed by atoms with Gasteiger partial charge in [-0.15, -0.1) is 0 Å². The predicted octanol–water partition coefficient (Wildman–Crippen LogP) is 2.52. The Kier molecular flexibility index (Phi) is 3.70. The molecule has 6 heteroatoms. The fourth-order valence-corrected chi connectivity index (χ4v) is 1.95. The lowest BCUT2D eigenvalue weighted by atomic mass is 10.1. The average molecular weight is 253 g/mol. The van der Waals surface area contributed by atoms with E-state index in [0.29, 0.717) is 5.02 Å². The average Bonchev–Trinajstić information content (AvgIpc) is 2.06. The maximum atomic E-state index is 13.3. The van der Waals surface area contributed by atoms with Crippen LogP contribution in [0.2, 0.25) is 5.02 Å². The Morgan fingerprint density at radius 1 is 1.47 bits per heavy atom. The molecule has 1 aromatic carbocycles. The first-order chi connectivity index (χ1) is 6.79. The van der Waals surface area contributed by atoms with Crippen molar-refractivity contribution in [3.8, 4) is 0 Å². The van der Waals surface area contributed by atoms with E-state index in [2.05, 4.69) is 4.18 Å². The summed E-state index contributed by atoms with van der Waals surface area (Å²) in [5.74, 6) is -0.546.